The van der Waals surface area contributed by atoms with E-state index in [1.807, 2.05) is 35.1 Å². The fourth-order valence-electron chi connectivity index (χ4n) is 2.32. The molecule has 0 N–H and O–H groups in total. The van der Waals surface area contributed by atoms with E-state index in [4.69, 9.17) is 4.74 Å². The number of nitrogens with zero attached hydrogens (tertiary/aromatic N) is 6. The number of hydrogen-bond acceptors (Lipinski definition) is 5. The van der Waals surface area contributed by atoms with Crippen LogP contribution in [0, 0.1) is 0 Å². The molecule has 2 heterocycles. The van der Waals surface area contributed by atoms with Gasteiger partial charge in [-0.05, 0) is 26.0 Å². The third-order valence-electron chi connectivity index (χ3n) is 3.36. The van der Waals surface area contributed by atoms with Crippen LogP contribution in [0.15, 0.2) is 36.8 Å². The lowest BCUT2D eigenvalue weighted by atomic mass is 10.1. The standard InChI is InChI=1S/C15H18N6O/c1-11(2)21-15(16-10-17-21)9-20-8-13(18-19-20)12-6-4-5-7-14(12)22-3/h4-8,10-11H,9H2,1-3H3. The highest BCUT2D eigenvalue weighted by Gasteiger charge is 2.12. The molecule has 7 heteroatoms. The summed E-state index contributed by atoms with van der Waals surface area (Å²) >= 11 is 0. The maximum Gasteiger partial charge on any atom is 0.148 e. The van der Waals surface area contributed by atoms with Crippen molar-refractivity contribution in [1.82, 2.24) is 29.8 Å². The van der Waals surface area contributed by atoms with Crippen LogP contribution in [0.3, 0.4) is 0 Å². The smallest absolute Gasteiger partial charge is 0.148 e. The average Bonchev–Trinajstić information content (AvgIpc) is 3.17. The Balaban J connectivity index is 1.86. The van der Waals surface area contributed by atoms with Crippen molar-refractivity contribution in [2.75, 3.05) is 7.11 Å². The number of benzene rings is 1. The molecule has 0 saturated heterocycles. The second-order valence-corrected chi connectivity index (χ2v) is 5.22. The molecular weight excluding hydrogens is 280 g/mol. The van der Waals surface area contributed by atoms with Gasteiger partial charge in [0.25, 0.3) is 0 Å². The predicted octanol–water partition coefficient (Wildman–Crippen LogP) is 2.17. The van der Waals surface area contributed by atoms with Crippen LogP contribution in [0.1, 0.15) is 25.7 Å². The summed E-state index contributed by atoms with van der Waals surface area (Å²) in [4.78, 5) is 4.29. The van der Waals surface area contributed by atoms with Gasteiger partial charge in [-0.2, -0.15) is 5.10 Å². The van der Waals surface area contributed by atoms with Gasteiger partial charge in [-0.15, -0.1) is 5.10 Å². The van der Waals surface area contributed by atoms with Crippen molar-refractivity contribution in [3.8, 4) is 17.0 Å². The highest BCUT2D eigenvalue weighted by atomic mass is 16.5. The summed E-state index contributed by atoms with van der Waals surface area (Å²) in [6.45, 7) is 4.67. The molecular formula is C15H18N6O. The largest absolute Gasteiger partial charge is 0.496 e. The van der Waals surface area contributed by atoms with E-state index in [2.05, 4.69) is 34.2 Å². The van der Waals surface area contributed by atoms with Gasteiger partial charge in [0.1, 0.15) is 30.1 Å². The van der Waals surface area contributed by atoms with E-state index in [1.165, 1.54) is 0 Å². The van der Waals surface area contributed by atoms with Crippen LogP contribution in [0.4, 0.5) is 0 Å². The minimum atomic E-state index is 0.259. The average molecular weight is 298 g/mol. The zero-order valence-electron chi connectivity index (χ0n) is 12.8. The molecule has 1 aromatic carbocycles. The Morgan fingerprint density at radius 2 is 2.05 bits per heavy atom. The van der Waals surface area contributed by atoms with E-state index >= 15 is 0 Å². The van der Waals surface area contributed by atoms with E-state index in [1.54, 1.807) is 18.1 Å². The third kappa shape index (κ3) is 2.69. The summed E-state index contributed by atoms with van der Waals surface area (Å²) in [7, 11) is 1.65. The molecule has 0 fully saturated rings. The molecule has 0 radical (unpaired) electrons. The van der Waals surface area contributed by atoms with Crippen LogP contribution in [0.25, 0.3) is 11.3 Å². The molecule has 114 valence electrons. The van der Waals surface area contributed by atoms with E-state index in [0.29, 0.717) is 6.54 Å². The highest BCUT2D eigenvalue weighted by molar-refractivity contribution is 5.65. The number of aromatic nitrogens is 6. The molecule has 0 aliphatic heterocycles. The van der Waals surface area contributed by atoms with Gasteiger partial charge in [0.2, 0.25) is 0 Å². The lowest BCUT2D eigenvalue weighted by Crippen LogP contribution is -2.12. The number of methoxy groups -OCH3 is 1. The zero-order chi connectivity index (χ0) is 15.5. The Hall–Kier alpha value is -2.70. The van der Waals surface area contributed by atoms with E-state index < -0.39 is 0 Å². The first-order chi connectivity index (χ1) is 10.7. The zero-order valence-corrected chi connectivity index (χ0v) is 12.8. The monoisotopic (exact) mass is 298 g/mol. The first-order valence-electron chi connectivity index (χ1n) is 7.11. The van der Waals surface area contributed by atoms with E-state index in [-0.39, 0.29) is 6.04 Å². The summed E-state index contributed by atoms with van der Waals surface area (Å²) in [6, 6.07) is 8.01. The molecule has 0 amide bonds. The van der Waals surface area contributed by atoms with Gasteiger partial charge in [0.05, 0.1) is 13.3 Å². The number of hydrogen-bond donors (Lipinski definition) is 0. The maximum absolute atomic E-state index is 5.36. The van der Waals surface area contributed by atoms with Crippen molar-refractivity contribution in [2.24, 2.45) is 0 Å². The minimum Gasteiger partial charge on any atom is -0.496 e. The van der Waals surface area contributed by atoms with Crippen molar-refractivity contribution in [2.45, 2.75) is 26.4 Å². The van der Waals surface area contributed by atoms with Gasteiger partial charge in [-0.1, -0.05) is 17.3 Å². The first kappa shape index (κ1) is 14.2. The molecule has 3 rings (SSSR count). The molecule has 0 saturated carbocycles. The topological polar surface area (TPSA) is 70.7 Å². The minimum absolute atomic E-state index is 0.259. The second-order valence-electron chi connectivity index (χ2n) is 5.22. The molecule has 0 spiro atoms. The number of rotatable bonds is 5. The fourth-order valence-corrected chi connectivity index (χ4v) is 2.32. The third-order valence-corrected chi connectivity index (χ3v) is 3.36. The number of ether oxygens (including phenoxy) is 1. The Kier molecular flexibility index (Phi) is 3.86. The maximum atomic E-state index is 5.36. The first-order valence-corrected chi connectivity index (χ1v) is 7.11. The molecule has 0 unspecified atom stereocenters. The van der Waals surface area contributed by atoms with Crippen LogP contribution in [-0.2, 0) is 6.54 Å². The van der Waals surface area contributed by atoms with Gasteiger partial charge < -0.3 is 4.74 Å². The highest BCUT2D eigenvalue weighted by Crippen LogP contribution is 2.27. The Morgan fingerprint density at radius 1 is 1.23 bits per heavy atom. The van der Waals surface area contributed by atoms with Gasteiger partial charge in [0.15, 0.2) is 0 Å². The van der Waals surface area contributed by atoms with Gasteiger partial charge >= 0.3 is 0 Å². The molecule has 22 heavy (non-hydrogen) atoms. The second kappa shape index (κ2) is 5.97. The Labute approximate surface area is 128 Å². The van der Waals surface area contributed by atoms with E-state index in [9.17, 15) is 0 Å². The van der Waals surface area contributed by atoms with Crippen LogP contribution in [-0.4, -0.2) is 36.9 Å². The summed E-state index contributed by atoms with van der Waals surface area (Å²) in [5, 5.41) is 12.6. The summed E-state index contributed by atoms with van der Waals surface area (Å²) < 4.78 is 9.00. The molecule has 3 aromatic rings. The Bertz CT molecular complexity index is 761. The molecule has 0 bridgehead atoms. The SMILES string of the molecule is COc1ccccc1-c1cn(Cc2ncnn2C(C)C)nn1. The quantitative estimate of drug-likeness (QED) is 0.722. The summed E-state index contributed by atoms with van der Waals surface area (Å²) in [5.41, 5.74) is 1.69. The molecule has 0 atom stereocenters. The predicted molar refractivity (Wildman–Crippen MR) is 81.5 cm³/mol. The number of para-hydroxylation sites is 1. The van der Waals surface area contributed by atoms with Gasteiger partial charge in [-0.3, -0.25) is 0 Å². The molecule has 7 nitrogen and oxygen atoms in total. The Morgan fingerprint density at radius 3 is 2.82 bits per heavy atom. The lowest BCUT2D eigenvalue weighted by molar-refractivity contribution is 0.416. The van der Waals surface area contributed by atoms with Crippen LogP contribution < -0.4 is 4.74 Å². The summed E-state index contributed by atoms with van der Waals surface area (Å²) in [5.74, 6) is 1.63. The van der Waals surface area contributed by atoms with Gasteiger partial charge in [-0.25, -0.2) is 14.3 Å². The van der Waals surface area contributed by atoms with Crippen LogP contribution in [0.2, 0.25) is 0 Å². The lowest BCUT2D eigenvalue weighted by Gasteiger charge is -2.08. The van der Waals surface area contributed by atoms with Crippen LogP contribution in [0.5, 0.6) is 5.75 Å². The van der Waals surface area contributed by atoms with E-state index in [0.717, 1.165) is 22.8 Å². The van der Waals surface area contributed by atoms with Crippen molar-refractivity contribution in [3.63, 3.8) is 0 Å². The summed E-state index contributed by atoms with van der Waals surface area (Å²) in [6.07, 6.45) is 3.45. The van der Waals surface area contributed by atoms with Crippen molar-refractivity contribution < 1.29 is 4.74 Å². The van der Waals surface area contributed by atoms with Crippen molar-refractivity contribution in [3.05, 3.63) is 42.6 Å². The molecule has 0 aliphatic carbocycles. The fraction of sp³-hybridized carbons (Fsp3) is 0.333. The molecule has 0 aliphatic rings. The van der Waals surface area contributed by atoms with Crippen LogP contribution >= 0.6 is 0 Å². The molecule has 2 aromatic heterocycles. The normalized spacial score (nSPS) is 11.1. The van der Waals surface area contributed by atoms with Crippen molar-refractivity contribution >= 4 is 0 Å². The van der Waals surface area contributed by atoms with Gasteiger partial charge in [0, 0.05) is 11.6 Å². The van der Waals surface area contributed by atoms with Crippen molar-refractivity contribution in [1.29, 1.82) is 0 Å².